The Morgan fingerprint density at radius 3 is 2.08 bits per heavy atom. The lowest BCUT2D eigenvalue weighted by atomic mass is 9.48. The largest absolute Gasteiger partial charge is 0.456 e. The van der Waals surface area contributed by atoms with E-state index in [-0.39, 0.29) is 35.7 Å². The van der Waals surface area contributed by atoms with Crippen molar-refractivity contribution in [2.75, 3.05) is 6.61 Å². The molecule has 0 unspecified atom stereocenters. The van der Waals surface area contributed by atoms with E-state index < -0.39 is 112 Å². The summed E-state index contributed by atoms with van der Waals surface area (Å²) in [6, 6.07) is 15.3. The minimum Gasteiger partial charge on any atom is -0.456 e. The van der Waals surface area contributed by atoms with Gasteiger partial charge in [-0.15, -0.1) is 0 Å². The molecule has 1 amide bonds. The molecule has 1 saturated heterocycles. The van der Waals surface area contributed by atoms with E-state index in [9.17, 15) is 34.2 Å². The van der Waals surface area contributed by atoms with E-state index in [4.69, 9.17) is 23.7 Å². The van der Waals surface area contributed by atoms with Gasteiger partial charge in [0.1, 0.15) is 23.9 Å². The van der Waals surface area contributed by atoms with Gasteiger partial charge in [0.15, 0.2) is 23.6 Å². The van der Waals surface area contributed by atoms with E-state index in [1.807, 2.05) is 0 Å². The minimum atomic E-state index is -2.23. The fraction of sp³-hybridized carbons (Fsp3) is 0.556. The summed E-state index contributed by atoms with van der Waals surface area (Å²) in [6.07, 6.45) is -7.08. The Kier molecular flexibility index (Phi) is 10.5. The number of aliphatic hydroxyl groups is 2. The molecule has 7 rings (SSSR count). The fourth-order valence-corrected chi connectivity index (χ4v) is 10.3. The second-order valence-electron chi connectivity index (χ2n) is 18.4. The zero-order valence-corrected chi connectivity index (χ0v) is 34.6. The Hall–Kier alpha value is -4.92. The molecular weight excluding hydrogens is 762 g/mol. The highest BCUT2D eigenvalue weighted by molar-refractivity contribution is 5.97. The molecule has 1 heterocycles. The van der Waals surface area contributed by atoms with Crippen molar-refractivity contribution in [1.29, 1.82) is 0 Å². The maximum absolute atomic E-state index is 15.4. The van der Waals surface area contributed by atoms with Gasteiger partial charge in [0.05, 0.1) is 24.1 Å². The van der Waals surface area contributed by atoms with Crippen molar-refractivity contribution in [1.82, 2.24) is 5.32 Å². The highest BCUT2D eigenvalue weighted by Gasteiger charge is 2.84. The van der Waals surface area contributed by atoms with Crippen LogP contribution in [-0.4, -0.2) is 94.1 Å². The van der Waals surface area contributed by atoms with Crippen LogP contribution in [-0.2, 0) is 47.7 Å². The zero-order valence-electron chi connectivity index (χ0n) is 34.6. The van der Waals surface area contributed by atoms with Crippen LogP contribution in [0, 0.1) is 28.1 Å². The number of rotatable bonds is 9. The summed E-state index contributed by atoms with van der Waals surface area (Å²) in [5, 5.41) is 28.1. The van der Waals surface area contributed by atoms with Gasteiger partial charge in [0.2, 0.25) is 5.91 Å². The number of carbonyl (C=O) groups excluding carboxylic acids is 6. The first kappa shape index (κ1) is 42.2. The second kappa shape index (κ2) is 14.7. The number of carbonyl (C=O) groups is 6. The number of fused-ring (bicyclic) bond motifs is 4. The molecule has 2 aromatic carbocycles. The van der Waals surface area contributed by atoms with Crippen molar-refractivity contribution < 1.29 is 62.7 Å². The molecule has 2 aromatic rings. The van der Waals surface area contributed by atoms with Crippen molar-refractivity contribution in [3.63, 3.8) is 0 Å². The van der Waals surface area contributed by atoms with Crippen LogP contribution in [0.4, 0.5) is 0 Å². The van der Waals surface area contributed by atoms with Gasteiger partial charge in [0, 0.05) is 36.5 Å². The van der Waals surface area contributed by atoms with Crippen molar-refractivity contribution in [2.24, 2.45) is 28.1 Å². The van der Waals surface area contributed by atoms with E-state index in [1.54, 1.807) is 102 Å². The number of amides is 1. The first-order chi connectivity index (χ1) is 27.6. The van der Waals surface area contributed by atoms with Gasteiger partial charge < -0.3 is 39.2 Å². The van der Waals surface area contributed by atoms with Crippen molar-refractivity contribution in [2.45, 2.75) is 122 Å². The third-order valence-corrected chi connectivity index (χ3v) is 13.5. The lowest BCUT2D eigenvalue weighted by molar-refractivity contribution is -0.323. The first-order valence-electron chi connectivity index (χ1n) is 20.1. The Balaban J connectivity index is 1.39. The Bertz CT molecular complexity index is 2090. The van der Waals surface area contributed by atoms with Crippen molar-refractivity contribution in [3.05, 3.63) is 82.9 Å². The molecule has 3 saturated carbocycles. The number of benzene rings is 2. The summed E-state index contributed by atoms with van der Waals surface area (Å²) in [6.45, 7) is 12.2. The van der Waals surface area contributed by atoms with Crippen molar-refractivity contribution in [3.8, 4) is 0 Å². The van der Waals surface area contributed by atoms with Crippen LogP contribution in [0.15, 0.2) is 71.8 Å². The number of esters is 4. The van der Waals surface area contributed by atoms with Crippen LogP contribution in [0.25, 0.3) is 0 Å². The summed E-state index contributed by atoms with van der Waals surface area (Å²) in [5.74, 6) is -5.98. The molecule has 1 aliphatic heterocycles. The first-order valence-corrected chi connectivity index (χ1v) is 20.1. The average molecular weight is 816 g/mol. The van der Waals surface area contributed by atoms with Crippen LogP contribution in [0.1, 0.15) is 96.6 Å². The molecule has 0 radical (unpaired) electrons. The summed E-state index contributed by atoms with van der Waals surface area (Å²) in [5.41, 5.74) is -6.59. The number of ether oxygens (including phenoxy) is 5. The quantitative estimate of drug-likeness (QED) is 0.186. The third kappa shape index (κ3) is 6.77. The molecule has 4 aliphatic carbocycles. The predicted octanol–water partition coefficient (Wildman–Crippen LogP) is 4.11. The SMILES string of the molecule is CC(=O)O[C@H]1C(=O)[C@]23C[C@H]2C[C@H]2OC[C@@]2(OC(C)=O)[C@H]3[C@H](OC(=O)c2ccccc2)[C@]2(O)C[C@H](OC(=O)[C@H](O)[C@@H](NC(=O)C(C)(C)C)c3ccccc3)C(C)=C1C2(C)C. The number of nitrogens with one attached hydrogen (secondary N) is 1. The summed E-state index contributed by atoms with van der Waals surface area (Å²) in [4.78, 5) is 83.0. The van der Waals surface area contributed by atoms with Gasteiger partial charge in [-0.1, -0.05) is 83.1 Å². The summed E-state index contributed by atoms with van der Waals surface area (Å²) >= 11 is 0. The fourth-order valence-electron chi connectivity index (χ4n) is 10.3. The van der Waals surface area contributed by atoms with Gasteiger partial charge >= 0.3 is 23.9 Å². The van der Waals surface area contributed by atoms with Gasteiger partial charge in [-0.05, 0) is 54.5 Å². The molecule has 316 valence electrons. The monoisotopic (exact) mass is 815 g/mol. The summed E-state index contributed by atoms with van der Waals surface area (Å²) < 4.78 is 30.7. The Morgan fingerprint density at radius 2 is 1.53 bits per heavy atom. The van der Waals surface area contributed by atoms with Gasteiger partial charge in [-0.3, -0.25) is 19.2 Å². The normalized spacial score (nSPS) is 33.8. The van der Waals surface area contributed by atoms with Crippen LogP contribution in [0.2, 0.25) is 0 Å². The molecule has 14 heteroatoms. The standard InChI is InChI=1S/C45H53NO13/c1-23-29(57-39(52)33(49)32(26-15-11-9-12-16-26)46-40(53)41(4,5)6)21-45(54)37(58-38(51)27-17-13-10-14-18-27)35-43(36(50)34(56-24(2)47)31(23)42(45,7)8)20-28(43)19-30-44(35,22-55-30)59-25(3)48/h9-18,28-30,32-35,37,49,54H,19-22H2,1-8H3,(H,46,53)/t28-,29+,30-,32+,33-,34-,35+,37+,43-,44+,45-/m1/s1. The smallest absolute Gasteiger partial charge is 0.338 e. The number of Topliss-reactive ketones (excluding diaryl/α,β-unsaturated/α-hetero) is 1. The predicted molar refractivity (Wildman–Crippen MR) is 208 cm³/mol. The lowest BCUT2D eigenvalue weighted by Gasteiger charge is -2.64. The van der Waals surface area contributed by atoms with Crippen molar-refractivity contribution >= 4 is 35.6 Å². The highest BCUT2D eigenvalue weighted by atomic mass is 16.6. The van der Waals surface area contributed by atoms with Gasteiger partial charge in [-0.2, -0.15) is 0 Å². The topological polar surface area (TPSA) is 201 Å². The molecule has 59 heavy (non-hydrogen) atoms. The molecule has 3 N–H and O–H groups in total. The molecule has 1 spiro atoms. The average Bonchev–Trinajstić information content (AvgIpc) is 3.90. The second-order valence-corrected chi connectivity index (χ2v) is 18.4. The van der Waals surface area contributed by atoms with Crippen LogP contribution in [0.5, 0.6) is 0 Å². The maximum Gasteiger partial charge on any atom is 0.338 e. The zero-order chi connectivity index (χ0) is 43.0. The van der Waals surface area contributed by atoms with Crippen LogP contribution >= 0.6 is 0 Å². The number of ketones is 1. The molecule has 5 aliphatic rings. The molecule has 2 bridgehead atoms. The third-order valence-electron chi connectivity index (χ3n) is 13.5. The van der Waals surface area contributed by atoms with E-state index in [2.05, 4.69) is 5.32 Å². The van der Waals surface area contributed by atoms with Crippen LogP contribution in [0.3, 0.4) is 0 Å². The number of hydrogen-bond acceptors (Lipinski definition) is 13. The van der Waals surface area contributed by atoms with E-state index in [1.165, 1.54) is 6.92 Å². The number of hydrogen-bond donors (Lipinski definition) is 3. The summed E-state index contributed by atoms with van der Waals surface area (Å²) in [7, 11) is 0. The van der Waals surface area contributed by atoms with E-state index >= 15 is 4.79 Å². The Labute approximate surface area is 342 Å². The van der Waals surface area contributed by atoms with E-state index in [0.717, 1.165) is 6.92 Å². The minimum absolute atomic E-state index is 0.145. The van der Waals surface area contributed by atoms with E-state index in [0.29, 0.717) is 12.0 Å². The molecule has 0 aromatic heterocycles. The van der Waals surface area contributed by atoms with Crippen LogP contribution < -0.4 is 5.32 Å². The van der Waals surface area contributed by atoms with Gasteiger partial charge in [0.25, 0.3) is 0 Å². The maximum atomic E-state index is 15.4. The number of aliphatic hydroxyl groups excluding tert-OH is 1. The molecule has 14 nitrogen and oxygen atoms in total. The molecule has 4 fully saturated rings. The van der Waals surface area contributed by atoms with Gasteiger partial charge in [-0.25, -0.2) is 9.59 Å². The molecule has 11 atom stereocenters. The lowest BCUT2D eigenvalue weighted by Crippen LogP contribution is -2.78. The molecular formula is C45H53NO13. The Morgan fingerprint density at radius 1 is 0.898 bits per heavy atom. The highest BCUT2D eigenvalue weighted by Crippen LogP contribution is 2.74.